The van der Waals surface area contributed by atoms with Crippen LogP contribution in [0.3, 0.4) is 0 Å². The first kappa shape index (κ1) is 19.0. The molecule has 0 saturated heterocycles. The van der Waals surface area contributed by atoms with Gasteiger partial charge in [0.05, 0.1) is 11.5 Å². The van der Waals surface area contributed by atoms with Crippen molar-refractivity contribution in [3.05, 3.63) is 23.4 Å². The van der Waals surface area contributed by atoms with Crippen LogP contribution in [0.5, 0.6) is 0 Å². The predicted octanol–water partition coefficient (Wildman–Crippen LogP) is -0.326. The van der Waals surface area contributed by atoms with E-state index in [0.29, 0.717) is 31.5 Å². The fourth-order valence-electron chi connectivity index (χ4n) is 2.18. The molecule has 0 fully saturated rings. The lowest BCUT2D eigenvalue weighted by atomic mass is 10.2. The zero-order chi connectivity index (χ0) is 18.2. The van der Waals surface area contributed by atoms with Crippen molar-refractivity contribution >= 4 is 23.3 Å². The Labute approximate surface area is 149 Å². The van der Waals surface area contributed by atoms with E-state index in [-0.39, 0.29) is 5.91 Å². The average molecular weight is 368 g/mol. The lowest BCUT2D eigenvalue weighted by Gasteiger charge is -2.23. The lowest BCUT2D eigenvalue weighted by Crippen LogP contribution is -3.16. The molecule has 2 aromatic heterocycles. The Morgan fingerprint density at radius 1 is 1.44 bits per heavy atom. The average Bonchev–Trinajstić information content (AvgIpc) is 3.28. The molecule has 1 unspecified atom stereocenters. The van der Waals surface area contributed by atoms with Crippen molar-refractivity contribution in [3.63, 3.8) is 0 Å². The normalized spacial score (nSPS) is 13.2. The maximum atomic E-state index is 12.2. The molecule has 0 aliphatic heterocycles. The SMILES string of the molecule is CNC(=O)NC(=O)[C@@H](C)[NH+](CCOC)Cc1nnc(-c2cccs2)o1. The zero-order valence-electron chi connectivity index (χ0n) is 14.4. The molecule has 9 nitrogen and oxygen atoms in total. The van der Waals surface area contributed by atoms with Crippen molar-refractivity contribution in [1.29, 1.82) is 0 Å². The molecule has 2 heterocycles. The highest BCUT2D eigenvalue weighted by molar-refractivity contribution is 7.13. The third-order valence-electron chi connectivity index (χ3n) is 3.67. The van der Waals surface area contributed by atoms with E-state index >= 15 is 0 Å². The number of imide groups is 1. The van der Waals surface area contributed by atoms with Gasteiger partial charge in [-0.05, 0) is 18.4 Å². The number of quaternary nitrogens is 1. The molecule has 10 heteroatoms. The summed E-state index contributed by atoms with van der Waals surface area (Å²) in [5.41, 5.74) is 0. The number of hydrogen-bond donors (Lipinski definition) is 3. The van der Waals surface area contributed by atoms with E-state index in [4.69, 9.17) is 9.15 Å². The molecule has 3 amide bonds. The van der Waals surface area contributed by atoms with E-state index in [1.807, 2.05) is 17.5 Å². The van der Waals surface area contributed by atoms with Crippen LogP contribution in [0.25, 0.3) is 10.8 Å². The predicted molar refractivity (Wildman–Crippen MR) is 91.1 cm³/mol. The molecule has 25 heavy (non-hydrogen) atoms. The third kappa shape index (κ3) is 5.34. The summed E-state index contributed by atoms with van der Waals surface area (Å²) >= 11 is 1.51. The summed E-state index contributed by atoms with van der Waals surface area (Å²) in [7, 11) is 3.04. The molecule has 0 radical (unpaired) electrons. The van der Waals surface area contributed by atoms with Crippen molar-refractivity contribution in [3.8, 4) is 10.8 Å². The van der Waals surface area contributed by atoms with Gasteiger partial charge in [-0.15, -0.1) is 21.5 Å². The Balaban J connectivity index is 2.06. The number of nitrogens with zero attached hydrogens (tertiary/aromatic N) is 2. The van der Waals surface area contributed by atoms with Gasteiger partial charge in [-0.3, -0.25) is 10.1 Å². The molecule has 0 saturated carbocycles. The van der Waals surface area contributed by atoms with Crippen LogP contribution >= 0.6 is 11.3 Å². The van der Waals surface area contributed by atoms with Crippen LogP contribution in [-0.2, 0) is 16.1 Å². The standard InChI is InChI=1S/C15H21N5O4S/c1-10(13(21)17-15(22)16-2)20(6-7-23-3)9-12-18-19-14(24-12)11-5-4-8-25-11/h4-5,8,10H,6-7,9H2,1-3H3,(H2,16,17,21,22)/p+1/t10-/m1/s1. The number of thiophene rings is 1. The minimum Gasteiger partial charge on any atom is -0.414 e. The first-order chi connectivity index (χ1) is 12.0. The summed E-state index contributed by atoms with van der Waals surface area (Å²) in [5, 5.41) is 14.7. The van der Waals surface area contributed by atoms with Gasteiger partial charge in [0.1, 0.15) is 6.54 Å². The maximum Gasteiger partial charge on any atom is 0.321 e. The van der Waals surface area contributed by atoms with E-state index in [2.05, 4.69) is 20.8 Å². The van der Waals surface area contributed by atoms with Crippen LogP contribution in [0.4, 0.5) is 4.79 Å². The van der Waals surface area contributed by atoms with Gasteiger partial charge in [-0.2, -0.15) is 0 Å². The maximum absolute atomic E-state index is 12.2. The summed E-state index contributed by atoms with van der Waals surface area (Å²) < 4.78 is 10.8. The van der Waals surface area contributed by atoms with E-state index in [1.54, 1.807) is 14.0 Å². The van der Waals surface area contributed by atoms with Gasteiger partial charge >= 0.3 is 6.03 Å². The highest BCUT2D eigenvalue weighted by atomic mass is 32.1. The minimum atomic E-state index is -0.541. The summed E-state index contributed by atoms with van der Waals surface area (Å²) in [5.74, 6) is 0.496. The van der Waals surface area contributed by atoms with Crippen molar-refractivity contribution in [1.82, 2.24) is 20.8 Å². The molecule has 3 N–H and O–H groups in total. The molecular weight excluding hydrogens is 346 g/mol. The van der Waals surface area contributed by atoms with Crippen LogP contribution in [0.1, 0.15) is 12.8 Å². The van der Waals surface area contributed by atoms with Gasteiger partial charge in [-0.1, -0.05) is 6.07 Å². The van der Waals surface area contributed by atoms with Crippen LogP contribution in [0.15, 0.2) is 21.9 Å². The fraction of sp³-hybridized carbons (Fsp3) is 0.467. The Morgan fingerprint density at radius 2 is 2.24 bits per heavy atom. The van der Waals surface area contributed by atoms with Gasteiger partial charge < -0.3 is 19.4 Å². The topological polar surface area (TPSA) is 111 Å². The van der Waals surface area contributed by atoms with Crippen LogP contribution in [0, 0.1) is 0 Å². The van der Waals surface area contributed by atoms with Gasteiger partial charge in [0.25, 0.3) is 17.7 Å². The fourth-order valence-corrected chi connectivity index (χ4v) is 2.82. The zero-order valence-corrected chi connectivity index (χ0v) is 15.2. The van der Waals surface area contributed by atoms with E-state index in [1.165, 1.54) is 18.4 Å². The number of nitrogens with one attached hydrogen (secondary N) is 3. The minimum absolute atomic E-state index is 0.351. The van der Waals surface area contributed by atoms with E-state index < -0.39 is 12.1 Å². The number of aromatic nitrogens is 2. The molecule has 0 bridgehead atoms. The first-order valence-electron chi connectivity index (χ1n) is 7.77. The number of rotatable bonds is 8. The molecule has 136 valence electrons. The Hall–Kier alpha value is -2.30. The third-order valence-corrected chi connectivity index (χ3v) is 4.53. The number of methoxy groups -OCH3 is 1. The van der Waals surface area contributed by atoms with E-state index in [0.717, 1.165) is 9.78 Å². The van der Waals surface area contributed by atoms with Crippen LogP contribution in [0.2, 0.25) is 0 Å². The number of carbonyl (C=O) groups is 2. The van der Waals surface area contributed by atoms with Gasteiger partial charge in [0, 0.05) is 14.2 Å². The number of amides is 3. The molecule has 2 atom stereocenters. The largest absolute Gasteiger partial charge is 0.414 e. The molecule has 0 spiro atoms. The Kier molecular flexibility index (Phi) is 7.04. The van der Waals surface area contributed by atoms with Gasteiger partial charge in [0.2, 0.25) is 0 Å². The van der Waals surface area contributed by atoms with Crippen molar-refractivity contribution < 1.29 is 23.6 Å². The number of urea groups is 1. The molecule has 0 aromatic carbocycles. The monoisotopic (exact) mass is 368 g/mol. The van der Waals surface area contributed by atoms with Gasteiger partial charge in [0.15, 0.2) is 12.6 Å². The first-order valence-corrected chi connectivity index (χ1v) is 8.65. The van der Waals surface area contributed by atoms with Gasteiger partial charge in [-0.25, -0.2) is 4.79 Å². The van der Waals surface area contributed by atoms with Crippen molar-refractivity contribution in [2.45, 2.75) is 19.5 Å². The highest BCUT2D eigenvalue weighted by Gasteiger charge is 2.28. The van der Waals surface area contributed by atoms with Crippen molar-refractivity contribution in [2.75, 3.05) is 27.3 Å². The van der Waals surface area contributed by atoms with Crippen molar-refractivity contribution in [2.24, 2.45) is 0 Å². The van der Waals surface area contributed by atoms with E-state index in [9.17, 15) is 9.59 Å². The molecule has 2 aromatic rings. The number of ether oxygens (including phenoxy) is 1. The summed E-state index contributed by atoms with van der Waals surface area (Å²) in [4.78, 5) is 25.3. The summed E-state index contributed by atoms with van der Waals surface area (Å²) in [6.45, 7) is 3.10. The highest BCUT2D eigenvalue weighted by Crippen LogP contribution is 2.22. The summed E-state index contributed by atoms with van der Waals surface area (Å²) in [6, 6.07) is 2.77. The Bertz CT molecular complexity index is 688. The lowest BCUT2D eigenvalue weighted by molar-refractivity contribution is -0.929. The quantitative estimate of drug-likeness (QED) is 0.589. The second-order valence-corrected chi connectivity index (χ2v) is 6.29. The second kappa shape index (κ2) is 9.25. The smallest absolute Gasteiger partial charge is 0.321 e. The molecular formula is C15H22N5O4S+. The second-order valence-electron chi connectivity index (χ2n) is 5.35. The van der Waals surface area contributed by atoms with Crippen LogP contribution < -0.4 is 15.5 Å². The number of hydrogen-bond acceptors (Lipinski definition) is 7. The summed E-state index contributed by atoms with van der Waals surface area (Å²) in [6.07, 6.45) is 0. The molecule has 0 aliphatic carbocycles. The van der Waals surface area contributed by atoms with Crippen LogP contribution in [-0.4, -0.2) is 55.5 Å². The number of carbonyl (C=O) groups excluding carboxylic acids is 2. The molecule has 0 aliphatic rings. The Morgan fingerprint density at radius 3 is 2.88 bits per heavy atom. The molecule has 2 rings (SSSR count).